The first-order valence-electron chi connectivity index (χ1n) is 9.70. The summed E-state index contributed by atoms with van der Waals surface area (Å²) in [5, 5.41) is 12.0. The van der Waals surface area contributed by atoms with Gasteiger partial charge in [0.1, 0.15) is 5.71 Å². The fourth-order valence-corrected chi connectivity index (χ4v) is 4.17. The van der Waals surface area contributed by atoms with Gasteiger partial charge in [-0.15, -0.1) is 0 Å². The number of hydrazone groups is 1. The van der Waals surface area contributed by atoms with Crippen molar-refractivity contribution >= 4 is 38.6 Å². The Morgan fingerprint density at radius 3 is 2.31 bits per heavy atom. The maximum atomic E-state index is 5.08. The van der Waals surface area contributed by atoms with Crippen molar-refractivity contribution in [3.8, 4) is 0 Å². The van der Waals surface area contributed by atoms with E-state index in [4.69, 9.17) is 5.10 Å². The van der Waals surface area contributed by atoms with E-state index in [1.54, 1.807) is 0 Å². The summed E-state index contributed by atoms with van der Waals surface area (Å²) in [5.41, 5.74) is 5.02. The van der Waals surface area contributed by atoms with Crippen LogP contribution in [0.15, 0.2) is 108 Å². The predicted octanol–water partition coefficient (Wildman–Crippen LogP) is 6.29. The van der Waals surface area contributed by atoms with E-state index in [0.29, 0.717) is 0 Å². The molecule has 0 saturated heterocycles. The summed E-state index contributed by atoms with van der Waals surface area (Å²) in [6, 6.07) is 33.5. The molecule has 0 aliphatic carbocycles. The van der Waals surface area contributed by atoms with Crippen molar-refractivity contribution in [1.82, 2.24) is 4.98 Å². The molecule has 3 nitrogen and oxygen atoms in total. The molecule has 0 bridgehead atoms. The molecule has 0 saturated carbocycles. The van der Waals surface area contributed by atoms with E-state index < -0.39 is 0 Å². The fraction of sp³-hybridized carbons (Fsp3) is 0. The van der Waals surface area contributed by atoms with Crippen molar-refractivity contribution in [2.75, 3.05) is 5.01 Å². The van der Waals surface area contributed by atoms with Gasteiger partial charge in [-0.05, 0) is 46.5 Å². The highest BCUT2D eigenvalue weighted by molar-refractivity contribution is 6.27. The molecule has 5 aromatic rings. The number of rotatable bonds is 2. The smallest absolute Gasteiger partial charge is 0.118 e. The molecule has 1 aromatic heterocycles. The number of pyridine rings is 1. The third-order valence-electron chi connectivity index (χ3n) is 5.46. The van der Waals surface area contributed by atoms with Crippen LogP contribution in [0.5, 0.6) is 0 Å². The Bertz CT molecular complexity index is 1390. The van der Waals surface area contributed by atoms with Crippen molar-refractivity contribution in [3.63, 3.8) is 0 Å². The lowest BCUT2D eigenvalue weighted by molar-refractivity contribution is 1.08. The summed E-state index contributed by atoms with van der Waals surface area (Å²) < 4.78 is 0. The molecule has 0 spiro atoms. The van der Waals surface area contributed by atoms with Crippen LogP contribution in [0, 0.1) is 0 Å². The maximum Gasteiger partial charge on any atom is 0.118 e. The van der Waals surface area contributed by atoms with Crippen molar-refractivity contribution in [2.45, 2.75) is 0 Å². The largest absolute Gasteiger partial charge is 0.255 e. The summed E-state index contributed by atoms with van der Waals surface area (Å²) in [5.74, 6) is 0. The molecule has 0 amide bonds. The number of benzene rings is 4. The van der Waals surface area contributed by atoms with Gasteiger partial charge in [-0.2, -0.15) is 5.10 Å². The summed E-state index contributed by atoms with van der Waals surface area (Å²) in [7, 11) is 0. The van der Waals surface area contributed by atoms with Gasteiger partial charge in [0, 0.05) is 17.1 Å². The molecule has 1 aliphatic rings. The predicted molar refractivity (Wildman–Crippen MR) is 120 cm³/mol. The lowest BCUT2D eigenvalue weighted by Gasteiger charge is -2.28. The van der Waals surface area contributed by atoms with Gasteiger partial charge in [-0.1, -0.05) is 66.7 Å². The highest BCUT2D eigenvalue weighted by Gasteiger charge is 2.25. The Labute approximate surface area is 168 Å². The molecule has 2 heterocycles. The van der Waals surface area contributed by atoms with Crippen LogP contribution in [0.25, 0.3) is 21.5 Å². The van der Waals surface area contributed by atoms with Crippen LogP contribution in [0.2, 0.25) is 0 Å². The molecule has 0 N–H and O–H groups in total. The van der Waals surface area contributed by atoms with Crippen molar-refractivity contribution in [3.05, 3.63) is 115 Å². The van der Waals surface area contributed by atoms with Gasteiger partial charge in [0.2, 0.25) is 0 Å². The first kappa shape index (κ1) is 16.0. The van der Waals surface area contributed by atoms with Crippen LogP contribution >= 0.6 is 0 Å². The van der Waals surface area contributed by atoms with Gasteiger partial charge in [0.05, 0.1) is 17.1 Å². The van der Waals surface area contributed by atoms with Gasteiger partial charge in [0.25, 0.3) is 0 Å². The maximum absolute atomic E-state index is 5.08. The average Bonchev–Trinajstić information content (AvgIpc) is 2.80. The Hall–Kier alpha value is -3.98. The number of anilines is 2. The second-order valence-electron chi connectivity index (χ2n) is 7.16. The quantitative estimate of drug-likeness (QED) is 0.341. The van der Waals surface area contributed by atoms with Crippen LogP contribution in [0.3, 0.4) is 0 Å². The molecule has 1 aliphatic heterocycles. The zero-order chi connectivity index (χ0) is 19.2. The van der Waals surface area contributed by atoms with Crippen LogP contribution in [-0.2, 0) is 0 Å². The topological polar surface area (TPSA) is 28.5 Å². The zero-order valence-corrected chi connectivity index (χ0v) is 15.7. The Kier molecular flexibility index (Phi) is 3.47. The number of aromatic nitrogens is 1. The van der Waals surface area contributed by atoms with E-state index in [9.17, 15) is 0 Å². The van der Waals surface area contributed by atoms with Gasteiger partial charge in [0.15, 0.2) is 0 Å². The Morgan fingerprint density at radius 2 is 1.45 bits per heavy atom. The summed E-state index contributed by atoms with van der Waals surface area (Å²) in [4.78, 5) is 4.60. The van der Waals surface area contributed by atoms with Crippen molar-refractivity contribution in [2.24, 2.45) is 5.10 Å². The van der Waals surface area contributed by atoms with E-state index in [-0.39, 0.29) is 0 Å². The van der Waals surface area contributed by atoms with Crippen LogP contribution in [0.4, 0.5) is 11.4 Å². The van der Waals surface area contributed by atoms with Crippen LogP contribution in [-0.4, -0.2) is 10.7 Å². The lowest BCUT2D eigenvalue weighted by Crippen LogP contribution is -2.21. The van der Waals surface area contributed by atoms with Crippen LogP contribution in [0.1, 0.15) is 11.3 Å². The first-order valence-corrected chi connectivity index (χ1v) is 9.70. The molecule has 3 heteroatoms. The van der Waals surface area contributed by atoms with E-state index in [1.165, 1.54) is 21.5 Å². The number of hydrogen-bond acceptors (Lipinski definition) is 3. The average molecular weight is 371 g/mol. The van der Waals surface area contributed by atoms with Gasteiger partial charge in [-0.25, -0.2) is 5.01 Å². The van der Waals surface area contributed by atoms with Crippen LogP contribution < -0.4 is 5.01 Å². The molecule has 0 unspecified atom stereocenters. The van der Waals surface area contributed by atoms with Crippen molar-refractivity contribution in [1.29, 1.82) is 0 Å². The standard InChI is InChI=1S/C26H17N3/c1-2-10-19(11-3-1)29-24-17-18-9-4-5-12-20(18)21-13-8-14-22(25(21)24)26(28-29)23-15-6-7-16-27-23/h1-17H. The number of fused-ring (bicyclic) bond motifs is 2. The van der Waals surface area contributed by atoms with Crippen molar-refractivity contribution < 1.29 is 0 Å². The molecule has 0 radical (unpaired) electrons. The van der Waals surface area contributed by atoms with Gasteiger partial charge < -0.3 is 0 Å². The minimum absolute atomic E-state index is 0.875. The van der Waals surface area contributed by atoms with E-state index >= 15 is 0 Å². The number of nitrogens with zero attached hydrogens (tertiary/aromatic N) is 3. The molecular weight excluding hydrogens is 354 g/mol. The normalized spacial score (nSPS) is 13.0. The molecule has 4 aromatic carbocycles. The molecule has 6 rings (SSSR count). The third kappa shape index (κ3) is 2.44. The molecular formula is C26H17N3. The molecule has 136 valence electrons. The lowest BCUT2D eigenvalue weighted by atomic mass is 9.92. The van der Waals surface area contributed by atoms with E-state index in [2.05, 4.69) is 65.6 Å². The minimum atomic E-state index is 0.875. The van der Waals surface area contributed by atoms with E-state index in [1.807, 2.05) is 47.6 Å². The van der Waals surface area contributed by atoms with Gasteiger partial charge >= 0.3 is 0 Å². The highest BCUT2D eigenvalue weighted by Crippen LogP contribution is 2.42. The molecule has 29 heavy (non-hydrogen) atoms. The minimum Gasteiger partial charge on any atom is -0.255 e. The third-order valence-corrected chi connectivity index (χ3v) is 5.46. The summed E-state index contributed by atoms with van der Waals surface area (Å²) in [6.07, 6.45) is 1.82. The monoisotopic (exact) mass is 371 g/mol. The molecule has 0 fully saturated rings. The Morgan fingerprint density at radius 1 is 0.655 bits per heavy atom. The SMILES string of the molecule is c1ccc(N2N=C(c3ccccn3)c3cccc4c3c2cc2ccccc24)cc1. The number of para-hydroxylation sites is 1. The summed E-state index contributed by atoms with van der Waals surface area (Å²) >= 11 is 0. The zero-order valence-electron chi connectivity index (χ0n) is 15.7. The second kappa shape index (κ2) is 6.28. The molecule has 0 atom stereocenters. The Balaban J connectivity index is 1.75. The first-order chi connectivity index (χ1) is 14.4. The van der Waals surface area contributed by atoms with Gasteiger partial charge in [-0.3, -0.25) is 4.98 Å². The fourth-order valence-electron chi connectivity index (χ4n) is 4.17. The second-order valence-corrected chi connectivity index (χ2v) is 7.16. The summed E-state index contributed by atoms with van der Waals surface area (Å²) in [6.45, 7) is 0. The highest BCUT2D eigenvalue weighted by atomic mass is 15.5. The van der Waals surface area contributed by atoms with E-state index in [0.717, 1.165) is 28.3 Å². The number of hydrogen-bond donors (Lipinski definition) is 0.